The van der Waals surface area contributed by atoms with Crippen LogP contribution in [0.3, 0.4) is 0 Å². The number of amides is 1. The zero-order valence-corrected chi connectivity index (χ0v) is 12.2. The van der Waals surface area contributed by atoms with Gasteiger partial charge in [-0.1, -0.05) is 42.5 Å². The van der Waals surface area contributed by atoms with Gasteiger partial charge in [-0.15, -0.1) is 0 Å². The lowest BCUT2D eigenvalue weighted by molar-refractivity contribution is -0.119. The average molecular weight is 279 g/mol. The molecule has 104 valence electrons. The van der Waals surface area contributed by atoms with E-state index in [1.54, 1.807) is 0 Å². The molecule has 1 atom stereocenters. The van der Waals surface area contributed by atoms with Crippen LogP contribution >= 0.6 is 12.2 Å². The van der Waals surface area contributed by atoms with Crippen LogP contribution in [0.2, 0.25) is 0 Å². The van der Waals surface area contributed by atoms with E-state index in [9.17, 15) is 4.79 Å². The fraction of sp³-hybridized carbons (Fsp3) is 0.429. The Kier molecular flexibility index (Phi) is 5.92. The molecule has 1 aromatic carbocycles. The van der Waals surface area contributed by atoms with Crippen molar-refractivity contribution in [3.05, 3.63) is 35.9 Å². The molecule has 0 aromatic heterocycles. The van der Waals surface area contributed by atoms with E-state index in [1.165, 1.54) is 0 Å². The summed E-state index contributed by atoms with van der Waals surface area (Å²) in [6.07, 6.45) is 0. The highest BCUT2D eigenvalue weighted by Crippen LogP contribution is 2.18. The van der Waals surface area contributed by atoms with Crippen molar-refractivity contribution in [2.75, 3.05) is 13.1 Å². The minimum atomic E-state index is -0.344. The summed E-state index contributed by atoms with van der Waals surface area (Å²) in [5, 5.41) is 0. The van der Waals surface area contributed by atoms with Crippen LogP contribution in [0.25, 0.3) is 0 Å². The first-order valence-electron chi connectivity index (χ1n) is 6.28. The van der Waals surface area contributed by atoms with E-state index in [1.807, 2.05) is 49.1 Å². The molecule has 0 saturated carbocycles. The maximum Gasteiger partial charge on any atom is 0.231 e. The van der Waals surface area contributed by atoms with E-state index in [-0.39, 0.29) is 24.4 Å². The smallest absolute Gasteiger partial charge is 0.231 e. The van der Waals surface area contributed by atoms with Crippen molar-refractivity contribution < 1.29 is 4.79 Å². The molecular formula is C14H21N3OS. The molecule has 0 radical (unpaired) electrons. The van der Waals surface area contributed by atoms with Crippen molar-refractivity contribution in [2.45, 2.75) is 25.8 Å². The quantitative estimate of drug-likeness (QED) is 0.737. The number of primary amides is 1. The first-order chi connectivity index (χ1) is 8.91. The zero-order valence-electron chi connectivity index (χ0n) is 11.4. The molecule has 0 fully saturated rings. The molecule has 4 N–H and O–H groups in total. The molecule has 0 spiro atoms. The summed E-state index contributed by atoms with van der Waals surface area (Å²) >= 11 is 5.15. The predicted octanol–water partition coefficient (Wildman–Crippen LogP) is 1.25. The minimum absolute atomic E-state index is 0.0713. The molecule has 4 nitrogen and oxygen atoms in total. The Morgan fingerprint density at radius 3 is 2.26 bits per heavy atom. The Balaban J connectivity index is 2.88. The average Bonchev–Trinajstić information content (AvgIpc) is 2.34. The number of thiocarbonyl (C=S) groups is 1. The summed E-state index contributed by atoms with van der Waals surface area (Å²) in [6, 6.07) is 10.0. The maximum atomic E-state index is 11.1. The second-order valence-corrected chi connectivity index (χ2v) is 5.33. The van der Waals surface area contributed by atoms with Crippen LogP contribution in [0, 0.1) is 0 Å². The van der Waals surface area contributed by atoms with Crippen molar-refractivity contribution in [1.29, 1.82) is 0 Å². The number of carbonyl (C=O) groups excluding carboxylic acids is 1. The molecule has 0 saturated heterocycles. The van der Waals surface area contributed by atoms with Crippen molar-refractivity contribution >= 4 is 23.1 Å². The van der Waals surface area contributed by atoms with Gasteiger partial charge in [0.2, 0.25) is 5.91 Å². The van der Waals surface area contributed by atoms with Crippen LogP contribution in [-0.4, -0.2) is 34.9 Å². The molecule has 0 aliphatic heterocycles. The van der Waals surface area contributed by atoms with Gasteiger partial charge in [0.1, 0.15) is 0 Å². The third-order valence-corrected chi connectivity index (χ3v) is 3.34. The molecule has 0 bridgehead atoms. The molecule has 19 heavy (non-hydrogen) atoms. The summed E-state index contributed by atoms with van der Waals surface area (Å²) in [5.74, 6) is -0.415. The van der Waals surface area contributed by atoms with E-state index in [0.29, 0.717) is 11.5 Å². The molecule has 1 unspecified atom stereocenters. The highest BCUT2D eigenvalue weighted by atomic mass is 32.1. The Morgan fingerprint density at radius 1 is 1.26 bits per heavy atom. The van der Waals surface area contributed by atoms with Gasteiger partial charge in [-0.3, -0.25) is 9.69 Å². The molecule has 1 amide bonds. The Morgan fingerprint density at radius 2 is 1.84 bits per heavy atom. The second-order valence-electron chi connectivity index (χ2n) is 4.86. The summed E-state index contributed by atoms with van der Waals surface area (Å²) < 4.78 is 0. The number of benzene rings is 1. The van der Waals surface area contributed by atoms with Crippen molar-refractivity contribution in [3.8, 4) is 0 Å². The van der Waals surface area contributed by atoms with Gasteiger partial charge in [-0.05, 0) is 19.4 Å². The van der Waals surface area contributed by atoms with Crippen LogP contribution in [0.4, 0.5) is 0 Å². The monoisotopic (exact) mass is 279 g/mol. The summed E-state index contributed by atoms with van der Waals surface area (Å²) in [5.41, 5.74) is 12.2. The molecular weight excluding hydrogens is 258 g/mol. The number of nitrogens with zero attached hydrogens (tertiary/aromatic N) is 1. The third kappa shape index (κ3) is 4.96. The number of nitrogens with two attached hydrogens (primary N) is 2. The lowest BCUT2D eigenvalue weighted by atomic mass is 9.98. The number of hydrogen-bond acceptors (Lipinski definition) is 3. The van der Waals surface area contributed by atoms with E-state index >= 15 is 0 Å². The molecule has 1 aromatic rings. The SMILES string of the molecule is CC(C)N(CC(N)=O)CC(C(N)=S)c1ccccc1. The number of rotatable bonds is 7. The molecule has 5 heteroatoms. The summed E-state index contributed by atoms with van der Waals surface area (Å²) in [4.78, 5) is 13.5. The largest absolute Gasteiger partial charge is 0.393 e. The van der Waals surface area contributed by atoms with Crippen LogP contribution in [0.5, 0.6) is 0 Å². The Bertz CT molecular complexity index is 434. The van der Waals surface area contributed by atoms with Gasteiger partial charge in [0.15, 0.2) is 0 Å². The summed E-state index contributed by atoms with van der Waals surface area (Å²) in [6.45, 7) is 4.85. The highest BCUT2D eigenvalue weighted by molar-refractivity contribution is 7.80. The minimum Gasteiger partial charge on any atom is -0.393 e. The van der Waals surface area contributed by atoms with Gasteiger partial charge in [-0.2, -0.15) is 0 Å². The lowest BCUT2D eigenvalue weighted by Crippen LogP contribution is -2.43. The maximum absolute atomic E-state index is 11.1. The van der Waals surface area contributed by atoms with Crippen molar-refractivity contribution in [3.63, 3.8) is 0 Å². The van der Waals surface area contributed by atoms with Gasteiger partial charge < -0.3 is 11.5 Å². The molecule has 0 aliphatic carbocycles. The summed E-state index contributed by atoms with van der Waals surface area (Å²) in [7, 11) is 0. The normalized spacial score (nSPS) is 12.6. The van der Waals surface area contributed by atoms with Crippen LogP contribution in [0.15, 0.2) is 30.3 Å². The van der Waals surface area contributed by atoms with E-state index in [4.69, 9.17) is 23.7 Å². The first-order valence-corrected chi connectivity index (χ1v) is 6.69. The molecule has 1 rings (SSSR count). The highest BCUT2D eigenvalue weighted by Gasteiger charge is 2.21. The van der Waals surface area contributed by atoms with E-state index in [2.05, 4.69) is 0 Å². The van der Waals surface area contributed by atoms with Crippen LogP contribution in [0.1, 0.15) is 25.3 Å². The lowest BCUT2D eigenvalue weighted by Gasteiger charge is -2.29. The van der Waals surface area contributed by atoms with Crippen molar-refractivity contribution in [1.82, 2.24) is 4.90 Å². The number of hydrogen-bond donors (Lipinski definition) is 2. The Hall–Kier alpha value is -1.46. The van der Waals surface area contributed by atoms with Crippen LogP contribution < -0.4 is 11.5 Å². The first kappa shape index (κ1) is 15.6. The van der Waals surface area contributed by atoms with E-state index in [0.717, 1.165) is 5.56 Å². The van der Waals surface area contributed by atoms with Crippen molar-refractivity contribution in [2.24, 2.45) is 11.5 Å². The van der Waals surface area contributed by atoms with E-state index < -0.39 is 0 Å². The predicted molar refractivity (Wildman–Crippen MR) is 81.9 cm³/mol. The van der Waals surface area contributed by atoms with Crippen LogP contribution in [-0.2, 0) is 4.79 Å². The van der Waals surface area contributed by atoms with Gasteiger partial charge >= 0.3 is 0 Å². The van der Waals surface area contributed by atoms with Gasteiger partial charge in [-0.25, -0.2) is 0 Å². The van der Waals surface area contributed by atoms with Gasteiger partial charge in [0.05, 0.1) is 11.5 Å². The van der Waals surface area contributed by atoms with Gasteiger partial charge in [0, 0.05) is 18.5 Å². The molecule has 0 aliphatic rings. The van der Waals surface area contributed by atoms with Gasteiger partial charge in [0.25, 0.3) is 0 Å². The standard InChI is InChI=1S/C14H21N3OS/c1-10(2)17(9-13(15)18)8-12(14(16)19)11-6-4-3-5-7-11/h3-7,10,12H,8-9H2,1-2H3,(H2,15,18)(H2,16,19). The fourth-order valence-corrected chi connectivity index (χ4v) is 2.15. The molecule has 0 heterocycles. The Labute approximate surface area is 119 Å². The second kappa shape index (κ2) is 7.21. The zero-order chi connectivity index (χ0) is 14.4. The fourth-order valence-electron chi connectivity index (χ4n) is 1.94. The number of carbonyl (C=O) groups is 1. The third-order valence-electron chi connectivity index (χ3n) is 3.05. The topological polar surface area (TPSA) is 72.3 Å².